The van der Waals surface area contributed by atoms with Crippen molar-refractivity contribution in [3.8, 4) is 0 Å². The Bertz CT molecular complexity index is 769. The molecule has 5 heteroatoms. The van der Waals surface area contributed by atoms with Crippen LogP contribution >= 0.6 is 0 Å². The number of ether oxygens (including phenoxy) is 1. The molecule has 0 atom stereocenters. The van der Waals surface area contributed by atoms with Gasteiger partial charge in [0, 0.05) is 5.69 Å². The Morgan fingerprint density at radius 3 is 2.48 bits per heavy atom. The Kier molecular flexibility index (Phi) is 6.17. The molecule has 0 bridgehead atoms. The van der Waals surface area contributed by atoms with Crippen LogP contribution in [0.2, 0.25) is 0 Å². The summed E-state index contributed by atoms with van der Waals surface area (Å²) in [5, 5.41) is 5.98. The third kappa shape index (κ3) is 4.59. The molecule has 0 fully saturated rings. The van der Waals surface area contributed by atoms with Crippen LogP contribution in [0.5, 0.6) is 0 Å². The number of rotatable bonds is 6. The zero-order valence-corrected chi connectivity index (χ0v) is 15.1. The third-order valence-electron chi connectivity index (χ3n) is 3.96. The van der Waals surface area contributed by atoms with E-state index in [2.05, 4.69) is 30.5 Å². The van der Waals surface area contributed by atoms with Crippen molar-refractivity contribution in [2.24, 2.45) is 0 Å². The van der Waals surface area contributed by atoms with Gasteiger partial charge in [0.1, 0.15) is 0 Å². The van der Waals surface area contributed by atoms with Crippen LogP contribution in [0.4, 0.5) is 11.4 Å². The number of carbonyl (C=O) groups is 2. The van der Waals surface area contributed by atoms with Gasteiger partial charge in [0.05, 0.1) is 24.9 Å². The molecule has 2 N–H and O–H groups in total. The van der Waals surface area contributed by atoms with E-state index >= 15 is 0 Å². The number of nitrogens with one attached hydrogen (secondary N) is 2. The first-order valence-electron chi connectivity index (χ1n) is 8.24. The van der Waals surface area contributed by atoms with Crippen LogP contribution in [0.15, 0.2) is 42.5 Å². The number of methoxy groups -OCH3 is 1. The van der Waals surface area contributed by atoms with Crippen LogP contribution < -0.4 is 10.6 Å². The van der Waals surface area contributed by atoms with E-state index in [4.69, 9.17) is 4.74 Å². The van der Waals surface area contributed by atoms with Gasteiger partial charge in [-0.2, -0.15) is 0 Å². The second-order valence-electron chi connectivity index (χ2n) is 6.13. The molecule has 0 aliphatic rings. The van der Waals surface area contributed by atoms with E-state index < -0.39 is 5.97 Å². The Morgan fingerprint density at radius 2 is 1.80 bits per heavy atom. The predicted molar refractivity (Wildman–Crippen MR) is 100 cm³/mol. The summed E-state index contributed by atoms with van der Waals surface area (Å²) >= 11 is 0. The highest BCUT2D eigenvalue weighted by Gasteiger charge is 2.14. The molecule has 5 nitrogen and oxygen atoms in total. The van der Waals surface area contributed by atoms with Crippen LogP contribution in [0, 0.1) is 6.92 Å². The van der Waals surface area contributed by atoms with Crippen molar-refractivity contribution >= 4 is 23.3 Å². The molecule has 2 aromatic rings. The minimum atomic E-state index is -0.482. The lowest BCUT2D eigenvalue weighted by Crippen LogP contribution is -2.24. The van der Waals surface area contributed by atoms with E-state index in [1.165, 1.54) is 12.7 Å². The minimum absolute atomic E-state index is 0.111. The lowest BCUT2D eigenvalue weighted by Gasteiger charge is -2.17. The molecule has 0 aliphatic carbocycles. The summed E-state index contributed by atoms with van der Waals surface area (Å²) in [5.74, 6) is -0.357. The highest BCUT2D eigenvalue weighted by atomic mass is 16.5. The Morgan fingerprint density at radius 1 is 1.08 bits per heavy atom. The van der Waals surface area contributed by atoms with Gasteiger partial charge in [-0.25, -0.2) is 4.79 Å². The largest absolute Gasteiger partial charge is 0.465 e. The zero-order chi connectivity index (χ0) is 18.4. The number of aryl methyl sites for hydroxylation is 1. The fourth-order valence-electron chi connectivity index (χ4n) is 2.66. The van der Waals surface area contributed by atoms with Crippen LogP contribution in [0.3, 0.4) is 0 Å². The Hall–Kier alpha value is -2.82. The second kappa shape index (κ2) is 8.33. The fourth-order valence-corrected chi connectivity index (χ4v) is 2.66. The van der Waals surface area contributed by atoms with Crippen molar-refractivity contribution in [3.05, 3.63) is 59.2 Å². The topological polar surface area (TPSA) is 67.4 Å². The van der Waals surface area contributed by atoms with E-state index in [0.29, 0.717) is 17.2 Å². The zero-order valence-electron chi connectivity index (χ0n) is 15.1. The Labute approximate surface area is 148 Å². The quantitative estimate of drug-likeness (QED) is 0.781. The van der Waals surface area contributed by atoms with E-state index in [1.807, 2.05) is 19.1 Å². The standard InChI is InChI=1S/C20H24N2O3/c1-13(2)15-10-7-8-14(3)19(15)21-12-18(23)22-17-11-6-5-9-16(17)20(24)25-4/h5-11,13,21H,12H2,1-4H3,(H,22,23). The first-order chi connectivity index (χ1) is 11.9. The lowest BCUT2D eigenvalue weighted by molar-refractivity contribution is -0.114. The summed E-state index contributed by atoms with van der Waals surface area (Å²) < 4.78 is 4.74. The van der Waals surface area contributed by atoms with Crippen LogP contribution in [-0.2, 0) is 9.53 Å². The number of carbonyl (C=O) groups excluding carboxylic acids is 2. The van der Waals surface area contributed by atoms with Gasteiger partial charge in [0.2, 0.25) is 5.91 Å². The van der Waals surface area contributed by atoms with E-state index in [9.17, 15) is 9.59 Å². The smallest absolute Gasteiger partial charge is 0.339 e. The van der Waals surface area contributed by atoms with Crippen molar-refractivity contribution < 1.29 is 14.3 Å². The summed E-state index contributed by atoms with van der Waals surface area (Å²) in [4.78, 5) is 24.1. The molecule has 0 unspecified atom stereocenters. The maximum atomic E-state index is 12.3. The van der Waals surface area contributed by atoms with Gasteiger partial charge in [0.25, 0.3) is 0 Å². The number of benzene rings is 2. The second-order valence-corrected chi connectivity index (χ2v) is 6.13. The molecule has 1 amide bonds. The summed E-state index contributed by atoms with van der Waals surface area (Å²) in [7, 11) is 1.31. The average molecular weight is 340 g/mol. The summed E-state index contributed by atoms with van der Waals surface area (Å²) in [6, 6.07) is 12.9. The normalized spacial score (nSPS) is 10.4. The number of esters is 1. The maximum Gasteiger partial charge on any atom is 0.339 e. The van der Waals surface area contributed by atoms with Crippen molar-refractivity contribution in [2.45, 2.75) is 26.7 Å². The molecule has 0 aromatic heterocycles. The molecule has 0 saturated carbocycles. The Balaban J connectivity index is 2.09. The van der Waals surface area contributed by atoms with E-state index in [0.717, 1.165) is 11.3 Å². The van der Waals surface area contributed by atoms with Crippen molar-refractivity contribution in [1.29, 1.82) is 0 Å². The molecule has 0 saturated heterocycles. The molecule has 2 aromatic carbocycles. The molecule has 0 radical (unpaired) electrons. The average Bonchev–Trinajstić information content (AvgIpc) is 2.60. The van der Waals surface area contributed by atoms with Gasteiger partial charge >= 0.3 is 5.97 Å². The maximum absolute atomic E-state index is 12.3. The van der Waals surface area contributed by atoms with E-state index in [-0.39, 0.29) is 12.5 Å². The van der Waals surface area contributed by atoms with Crippen molar-refractivity contribution in [1.82, 2.24) is 0 Å². The summed E-state index contributed by atoms with van der Waals surface area (Å²) in [6.07, 6.45) is 0. The predicted octanol–water partition coefficient (Wildman–Crippen LogP) is 3.96. The summed E-state index contributed by atoms with van der Waals surface area (Å²) in [6.45, 7) is 6.36. The van der Waals surface area contributed by atoms with Crippen molar-refractivity contribution in [2.75, 3.05) is 24.3 Å². The van der Waals surface area contributed by atoms with Crippen LogP contribution in [-0.4, -0.2) is 25.5 Å². The molecule has 0 heterocycles. The molecule has 0 aliphatic heterocycles. The number of amides is 1. The van der Waals surface area contributed by atoms with Gasteiger partial charge < -0.3 is 15.4 Å². The minimum Gasteiger partial charge on any atom is -0.465 e. The highest BCUT2D eigenvalue weighted by molar-refractivity contribution is 6.02. The lowest BCUT2D eigenvalue weighted by atomic mass is 9.98. The molecular formula is C20H24N2O3. The van der Waals surface area contributed by atoms with Gasteiger partial charge in [-0.15, -0.1) is 0 Å². The SMILES string of the molecule is COC(=O)c1ccccc1NC(=O)CNc1c(C)cccc1C(C)C. The summed E-state index contributed by atoms with van der Waals surface area (Å²) in [5.41, 5.74) is 4.01. The number of hydrogen-bond donors (Lipinski definition) is 2. The van der Waals surface area contributed by atoms with Crippen molar-refractivity contribution in [3.63, 3.8) is 0 Å². The third-order valence-corrected chi connectivity index (χ3v) is 3.96. The first-order valence-corrected chi connectivity index (χ1v) is 8.24. The van der Waals surface area contributed by atoms with Gasteiger partial charge in [-0.1, -0.05) is 44.2 Å². The van der Waals surface area contributed by atoms with E-state index in [1.54, 1.807) is 24.3 Å². The number of anilines is 2. The monoisotopic (exact) mass is 340 g/mol. The molecule has 2 rings (SSSR count). The molecule has 132 valence electrons. The molecule has 0 spiro atoms. The van der Waals surface area contributed by atoms with Crippen LogP contribution in [0.1, 0.15) is 41.3 Å². The first kappa shape index (κ1) is 18.5. The highest BCUT2D eigenvalue weighted by Crippen LogP contribution is 2.27. The molecule has 25 heavy (non-hydrogen) atoms. The van der Waals surface area contributed by atoms with Crippen LogP contribution in [0.25, 0.3) is 0 Å². The van der Waals surface area contributed by atoms with Gasteiger partial charge in [0.15, 0.2) is 0 Å². The number of hydrogen-bond acceptors (Lipinski definition) is 4. The molecular weight excluding hydrogens is 316 g/mol. The van der Waals surface area contributed by atoms with Gasteiger partial charge in [-0.3, -0.25) is 4.79 Å². The fraction of sp³-hybridized carbons (Fsp3) is 0.300. The number of para-hydroxylation sites is 2. The van der Waals surface area contributed by atoms with Gasteiger partial charge in [-0.05, 0) is 36.1 Å².